The summed E-state index contributed by atoms with van der Waals surface area (Å²) in [7, 11) is -3.08. The minimum absolute atomic E-state index is 0.111. The molecule has 2 fully saturated rings. The molecular formula is C11H22N2O2S. The highest BCUT2D eigenvalue weighted by atomic mass is 32.2. The lowest BCUT2D eigenvalue weighted by molar-refractivity contribution is 0.260. The molecule has 94 valence electrons. The zero-order valence-electron chi connectivity index (χ0n) is 9.91. The highest BCUT2D eigenvalue weighted by Crippen LogP contribution is 2.29. The smallest absolute Gasteiger partial charge is 0.213 e. The predicted octanol–water partition coefficient (Wildman–Crippen LogP) is 0.846. The van der Waals surface area contributed by atoms with Crippen molar-refractivity contribution < 1.29 is 8.42 Å². The number of rotatable bonds is 7. The van der Waals surface area contributed by atoms with Gasteiger partial charge in [-0.2, -0.15) is 0 Å². The summed E-state index contributed by atoms with van der Waals surface area (Å²) in [6.07, 6.45) is 5.99. The number of hydrogen-bond donors (Lipinski definition) is 2. The molecule has 0 aromatic heterocycles. The van der Waals surface area contributed by atoms with Crippen LogP contribution >= 0.6 is 0 Å². The maximum Gasteiger partial charge on any atom is 0.213 e. The van der Waals surface area contributed by atoms with E-state index in [-0.39, 0.29) is 11.8 Å². The van der Waals surface area contributed by atoms with Crippen LogP contribution in [0.5, 0.6) is 0 Å². The van der Waals surface area contributed by atoms with E-state index in [9.17, 15) is 8.42 Å². The van der Waals surface area contributed by atoms with Crippen LogP contribution in [0.2, 0.25) is 0 Å². The monoisotopic (exact) mass is 246 g/mol. The Labute approximate surface area is 98.2 Å². The highest BCUT2D eigenvalue weighted by Gasteiger charge is 2.27. The Hall–Kier alpha value is -0.130. The first-order valence-corrected chi connectivity index (χ1v) is 7.95. The fourth-order valence-corrected chi connectivity index (χ4v) is 3.33. The van der Waals surface area contributed by atoms with E-state index in [1.54, 1.807) is 0 Å². The SMILES string of the molecule is CC(NS(=O)(=O)CCNC1CC1)C1CCC1. The molecule has 0 amide bonds. The standard InChI is InChI=1S/C11H22N2O2S/c1-9(10-3-2-4-10)13-16(14,15)8-7-12-11-5-6-11/h9-13H,2-8H2,1H3. The third-order valence-electron chi connectivity index (χ3n) is 3.60. The molecular weight excluding hydrogens is 224 g/mol. The van der Waals surface area contributed by atoms with Gasteiger partial charge in [0.15, 0.2) is 0 Å². The second-order valence-electron chi connectivity index (χ2n) is 5.14. The second kappa shape index (κ2) is 5.02. The molecule has 2 aliphatic carbocycles. The van der Waals surface area contributed by atoms with Gasteiger partial charge in [0.1, 0.15) is 0 Å². The van der Waals surface area contributed by atoms with E-state index in [0.717, 1.165) is 0 Å². The minimum atomic E-state index is -3.08. The lowest BCUT2D eigenvalue weighted by atomic mass is 9.81. The Kier molecular flexibility index (Phi) is 3.87. The van der Waals surface area contributed by atoms with Gasteiger partial charge in [-0.3, -0.25) is 0 Å². The first kappa shape index (κ1) is 12.3. The molecule has 2 saturated carbocycles. The van der Waals surface area contributed by atoms with Crippen LogP contribution in [0.1, 0.15) is 39.0 Å². The van der Waals surface area contributed by atoms with E-state index < -0.39 is 10.0 Å². The second-order valence-corrected chi connectivity index (χ2v) is 7.02. The van der Waals surface area contributed by atoms with Crippen LogP contribution in [0.15, 0.2) is 0 Å². The summed E-state index contributed by atoms with van der Waals surface area (Å²) >= 11 is 0. The van der Waals surface area contributed by atoms with Gasteiger partial charge >= 0.3 is 0 Å². The predicted molar refractivity (Wildman–Crippen MR) is 64.8 cm³/mol. The van der Waals surface area contributed by atoms with Crippen molar-refractivity contribution in [1.29, 1.82) is 0 Å². The topological polar surface area (TPSA) is 58.2 Å². The van der Waals surface area contributed by atoms with Crippen molar-refractivity contribution in [1.82, 2.24) is 10.0 Å². The van der Waals surface area contributed by atoms with E-state index in [0.29, 0.717) is 18.5 Å². The van der Waals surface area contributed by atoms with Gasteiger partial charge in [-0.15, -0.1) is 0 Å². The van der Waals surface area contributed by atoms with Crippen molar-refractivity contribution in [3.8, 4) is 0 Å². The Bertz CT molecular complexity index is 321. The molecule has 0 spiro atoms. The molecule has 5 heteroatoms. The molecule has 1 unspecified atom stereocenters. The summed E-state index contributed by atoms with van der Waals surface area (Å²) in [5.74, 6) is 0.770. The molecule has 1 atom stereocenters. The van der Waals surface area contributed by atoms with Crippen LogP contribution in [0.3, 0.4) is 0 Å². The van der Waals surface area contributed by atoms with Gasteiger partial charge in [0.2, 0.25) is 10.0 Å². The Morgan fingerprint density at radius 2 is 1.94 bits per heavy atom. The maximum absolute atomic E-state index is 11.7. The molecule has 4 nitrogen and oxygen atoms in total. The fraction of sp³-hybridized carbons (Fsp3) is 1.00. The summed E-state index contributed by atoms with van der Waals surface area (Å²) in [5.41, 5.74) is 0. The zero-order chi connectivity index (χ0) is 11.6. The van der Waals surface area contributed by atoms with E-state index >= 15 is 0 Å². The van der Waals surface area contributed by atoms with Gasteiger partial charge in [0, 0.05) is 18.6 Å². The van der Waals surface area contributed by atoms with Crippen molar-refractivity contribution in [2.75, 3.05) is 12.3 Å². The third kappa shape index (κ3) is 3.71. The highest BCUT2D eigenvalue weighted by molar-refractivity contribution is 7.89. The van der Waals surface area contributed by atoms with Gasteiger partial charge in [0.05, 0.1) is 5.75 Å². The first-order valence-electron chi connectivity index (χ1n) is 6.30. The first-order chi connectivity index (χ1) is 7.57. The summed E-state index contributed by atoms with van der Waals surface area (Å²) in [4.78, 5) is 0. The Morgan fingerprint density at radius 3 is 2.44 bits per heavy atom. The van der Waals surface area contributed by atoms with E-state index in [4.69, 9.17) is 0 Å². The maximum atomic E-state index is 11.7. The number of sulfonamides is 1. The Morgan fingerprint density at radius 1 is 1.25 bits per heavy atom. The summed E-state index contributed by atoms with van der Waals surface area (Å²) in [5, 5.41) is 3.22. The lowest BCUT2D eigenvalue weighted by Crippen LogP contribution is -2.43. The molecule has 0 aliphatic heterocycles. The normalized spacial score (nSPS) is 24.1. The number of hydrogen-bond acceptors (Lipinski definition) is 3. The average Bonchev–Trinajstić information content (AvgIpc) is 2.82. The van der Waals surface area contributed by atoms with Crippen molar-refractivity contribution in [2.24, 2.45) is 5.92 Å². The molecule has 0 aromatic carbocycles. The van der Waals surface area contributed by atoms with Crippen LogP contribution in [-0.2, 0) is 10.0 Å². The van der Waals surface area contributed by atoms with Crippen LogP contribution in [0.25, 0.3) is 0 Å². The quantitative estimate of drug-likeness (QED) is 0.700. The molecule has 16 heavy (non-hydrogen) atoms. The van der Waals surface area contributed by atoms with Gasteiger partial charge in [-0.05, 0) is 38.5 Å². The minimum Gasteiger partial charge on any atom is -0.313 e. The Balaban J connectivity index is 1.68. The third-order valence-corrected chi connectivity index (χ3v) is 5.08. The molecule has 0 heterocycles. The van der Waals surface area contributed by atoms with Crippen LogP contribution in [0, 0.1) is 5.92 Å². The molecule has 2 N–H and O–H groups in total. The summed E-state index contributed by atoms with van der Waals surface area (Å²) in [6, 6.07) is 0.693. The zero-order valence-corrected chi connectivity index (χ0v) is 10.7. The van der Waals surface area contributed by atoms with Crippen molar-refractivity contribution >= 4 is 10.0 Å². The van der Waals surface area contributed by atoms with Crippen molar-refractivity contribution in [3.05, 3.63) is 0 Å². The fourth-order valence-electron chi connectivity index (χ4n) is 2.06. The van der Waals surface area contributed by atoms with Crippen LogP contribution in [-0.4, -0.2) is 32.8 Å². The molecule has 2 rings (SSSR count). The molecule has 0 bridgehead atoms. The number of nitrogens with one attached hydrogen (secondary N) is 2. The van der Waals surface area contributed by atoms with Crippen molar-refractivity contribution in [2.45, 2.75) is 51.1 Å². The molecule has 0 aromatic rings. The van der Waals surface area contributed by atoms with Crippen molar-refractivity contribution in [3.63, 3.8) is 0 Å². The van der Waals surface area contributed by atoms with E-state index in [1.807, 2.05) is 6.92 Å². The lowest BCUT2D eigenvalue weighted by Gasteiger charge is -2.31. The van der Waals surface area contributed by atoms with Crippen LogP contribution < -0.4 is 10.0 Å². The average molecular weight is 246 g/mol. The van der Waals surface area contributed by atoms with E-state index in [1.165, 1.54) is 32.1 Å². The molecule has 0 saturated heterocycles. The largest absolute Gasteiger partial charge is 0.313 e. The summed E-state index contributed by atoms with van der Waals surface area (Å²) < 4.78 is 26.3. The van der Waals surface area contributed by atoms with Gasteiger partial charge in [-0.1, -0.05) is 6.42 Å². The molecule has 2 aliphatic rings. The van der Waals surface area contributed by atoms with Gasteiger partial charge in [-0.25, -0.2) is 13.1 Å². The van der Waals surface area contributed by atoms with Gasteiger partial charge < -0.3 is 5.32 Å². The molecule has 0 radical (unpaired) electrons. The van der Waals surface area contributed by atoms with E-state index in [2.05, 4.69) is 10.0 Å². The summed E-state index contributed by atoms with van der Waals surface area (Å²) in [6.45, 7) is 2.56. The van der Waals surface area contributed by atoms with Crippen LogP contribution in [0.4, 0.5) is 0 Å². The van der Waals surface area contributed by atoms with Gasteiger partial charge in [0.25, 0.3) is 0 Å².